The first-order chi connectivity index (χ1) is 20.4. The molecule has 2 aliphatic rings. The molecule has 1 spiro atoms. The first kappa shape index (κ1) is 30.9. The second kappa shape index (κ2) is 12.6. The second-order valence-corrected chi connectivity index (χ2v) is 13.1. The van der Waals surface area contributed by atoms with Crippen LogP contribution in [0.4, 0.5) is 13.2 Å². The van der Waals surface area contributed by atoms with Crippen LogP contribution < -0.4 is 4.74 Å². The third-order valence-corrected chi connectivity index (χ3v) is 8.48. The lowest BCUT2D eigenvalue weighted by molar-refractivity contribution is -0.139. The Hall–Kier alpha value is -3.57. The first-order valence-corrected chi connectivity index (χ1v) is 15.0. The second-order valence-electron chi connectivity index (χ2n) is 13.1. The number of ketones is 1. The Bertz CT molecular complexity index is 1490. The van der Waals surface area contributed by atoms with Crippen molar-refractivity contribution < 1.29 is 27.2 Å². The lowest BCUT2D eigenvalue weighted by atomic mass is 9.68. The Morgan fingerprint density at radius 1 is 1.00 bits per heavy atom. The van der Waals surface area contributed by atoms with E-state index in [4.69, 9.17) is 9.26 Å². The van der Waals surface area contributed by atoms with E-state index in [1.807, 2.05) is 26.8 Å². The summed E-state index contributed by atoms with van der Waals surface area (Å²) in [5.41, 5.74) is 1.84. The van der Waals surface area contributed by atoms with E-state index < -0.39 is 11.7 Å². The molecule has 0 unspecified atom stereocenters. The Morgan fingerprint density at radius 3 is 2.35 bits per heavy atom. The number of ether oxygens (including phenoxy) is 1. The van der Waals surface area contributed by atoms with Crippen LogP contribution in [0.25, 0.3) is 0 Å². The van der Waals surface area contributed by atoms with Gasteiger partial charge >= 0.3 is 6.18 Å². The van der Waals surface area contributed by atoms with Crippen LogP contribution in [0.15, 0.2) is 53.1 Å². The van der Waals surface area contributed by atoms with Crippen LogP contribution in [0, 0.1) is 17.3 Å². The summed E-state index contributed by atoms with van der Waals surface area (Å²) in [6.45, 7) is 9.32. The van der Waals surface area contributed by atoms with Gasteiger partial charge in [-0.2, -0.15) is 13.2 Å². The average Bonchev–Trinajstić information content (AvgIpc) is 3.58. The molecule has 5 rings (SSSR count). The van der Waals surface area contributed by atoms with Gasteiger partial charge in [0.05, 0.1) is 24.3 Å². The standard InChI is InChI=1S/C35H39F3N2O3/c1-33(2,3)32-23-28(39-43-32)22-29(41)20-26-9-6-25(7-10-26)8-11-27-12-13-31(30(21-27)35(36,37)38)42-19-5-17-40-18-16-34(24-40)14-4-15-34/h6-7,9-10,12-13,21,23H,4-5,14-20,22,24H2,1-3H3. The monoisotopic (exact) mass is 592 g/mol. The molecular weight excluding hydrogens is 553 g/mol. The minimum atomic E-state index is -4.55. The van der Waals surface area contributed by atoms with Gasteiger partial charge in [0.2, 0.25) is 0 Å². The maximum absolute atomic E-state index is 13.8. The van der Waals surface area contributed by atoms with Crippen molar-refractivity contribution in [2.45, 2.75) is 77.3 Å². The summed E-state index contributed by atoms with van der Waals surface area (Å²) >= 11 is 0. The van der Waals surface area contributed by atoms with E-state index in [9.17, 15) is 18.0 Å². The Morgan fingerprint density at radius 2 is 1.72 bits per heavy atom. The van der Waals surface area contributed by atoms with Crippen LogP contribution in [-0.2, 0) is 29.2 Å². The molecule has 8 heteroatoms. The smallest absolute Gasteiger partial charge is 0.420 e. The van der Waals surface area contributed by atoms with Crippen LogP contribution in [-0.4, -0.2) is 42.1 Å². The zero-order chi connectivity index (χ0) is 30.7. The molecule has 1 aliphatic heterocycles. The average molecular weight is 593 g/mol. The van der Waals surface area contributed by atoms with Gasteiger partial charge < -0.3 is 14.2 Å². The van der Waals surface area contributed by atoms with E-state index in [1.54, 1.807) is 30.3 Å². The molecular formula is C35H39F3N2O3. The molecule has 1 saturated heterocycles. The number of hydrogen-bond acceptors (Lipinski definition) is 5. The number of halogens is 3. The summed E-state index contributed by atoms with van der Waals surface area (Å²) in [6, 6.07) is 12.9. The number of Topliss-reactive ketones (excluding diaryl/α,β-unsaturated/α-hetero) is 1. The molecule has 3 aromatic rings. The van der Waals surface area contributed by atoms with Crippen molar-refractivity contribution in [1.29, 1.82) is 0 Å². The van der Waals surface area contributed by atoms with Crippen molar-refractivity contribution in [2.75, 3.05) is 26.2 Å². The quantitative estimate of drug-likeness (QED) is 0.192. The molecule has 0 atom stereocenters. The highest BCUT2D eigenvalue weighted by molar-refractivity contribution is 5.82. The molecule has 5 nitrogen and oxygen atoms in total. The molecule has 43 heavy (non-hydrogen) atoms. The van der Waals surface area contributed by atoms with Gasteiger partial charge in [-0.05, 0) is 73.5 Å². The minimum absolute atomic E-state index is 0.00711. The van der Waals surface area contributed by atoms with Crippen molar-refractivity contribution in [3.63, 3.8) is 0 Å². The normalized spacial score (nSPS) is 16.5. The molecule has 2 aromatic carbocycles. The van der Waals surface area contributed by atoms with Crippen molar-refractivity contribution in [2.24, 2.45) is 5.41 Å². The van der Waals surface area contributed by atoms with E-state index in [-0.39, 0.29) is 42.0 Å². The SMILES string of the molecule is CC(C)(C)c1cc(CC(=O)Cc2ccc(C#Cc3ccc(OCCCN4CCC5(CCC5)C4)c(C(F)(F)F)c3)cc2)no1. The molecule has 0 N–H and O–H groups in total. The summed E-state index contributed by atoms with van der Waals surface area (Å²) in [6.07, 6.45) is 1.73. The van der Waals surface area contributed by atoms with Gasteiger partial charge in [0.15, 0.2) is 0 Å². The van der Waals surface area contributed by atoms with Gasteiger partial charge in [-0.25, -0.2) is 0 Å². The highest BCUT2D eigenvalue weighted by Crippen LogP contribution is 2.47. The number of aromatic nitrogens is 1. The van der Waals surface area contributed by atoms with Crippen LogP contribution in [0.5, 0.6) is 5.75 Å². The van der Waals surface area contributed by atoms with Gasteiger partial charge in [0.25, 0.3) is 0 Å². The molecule has 2 heterocycles. The lowest BCUT2D eigenvalue weighted by Gasteiger charge is -2.38. The van der Waals surface area contributed by atoms with Crippen molar-refractivity contribution >= 4 is 5.78 Å². The number of nitrogens with zero attached hydrogens (tertiary/aromatic N) is 2. The number of carbonyl (C=O) groups excluding carboxylic acids is 1. The predicted octanol–water partition coefficient (Wildman–Crippen LogP) is 7.39. The molecule has 228 valence electrons. The third kappa shape index (κ3) is 8.08. The summed E-state index contributed by atoms with van der Waals surface area (Å²) in [4.78, 5) is 15.0. The molecule has 0 bridgehead atoms. The van der Waals surface area contributed by atoms with Crippen LogP contribution in [0.1, 0.15) is 86.6 Å². The summed E-state index contributed by atoms with van der Waals surface area (Å²) < 4.78 is 52.5. The number of carbonyl (C=O) groups is 1. The van der Waals surface area contributed by atoms with Gasteiger partial charge in [0.1, 0.15) is 17.3 Å². The minimum Gasteiger partial charge on any atom is -0.493 e. The summed E-state index contributed by atoms with van der Waals surface area (Å²) in [7, 11) is 0. The third-order valence-electron chi connectivity index (χ3n) is 8.48. The summed E-state index contributed by atoms with van der Waals surface area (Å²) in [5.74, 6) is 6.34. The Labute approximate surface area is 251 Å². The largest absolute Gasteiger partial charge is 0.493 e. The number of benzene rings is 2. The fourth-order valence-corrected chi connectivity index (χ4v) is 5.82. The van der Waals surface area contributed by atoms with Gasteiger partial charge in [0, 0.05) is 42.1 Å². The lowest BCUT2D eigenvalue weighted by Crippen LogP contribution is -2.33. The van der Waals surface area contributed by atoms with Gasteiger partial charge in [-0.15, -0.1) is 0 Å². The van der Waals surface area contributed by atoms with Crippen LogP contribution in [0.2, 0.25) is 0 Å². The summed E-state index contributed by atoms with van der Waals surface area (Å²) in [5, 5.41) is 4.01. The molecule has 1 aromatic heterocycles. The first-order valence-electron chi connectivity index (χ1n) is 15.0. The topological polar surface area (TPSA) is 55.6 Å². The number of likely N-dealkylation sites (tertiary alicyclic amines) is 1. The van der Waals surface area contributed by atoms with Crippen molar-refractivity contribution in [3.8, 4) is 17.6 Å². The van der Waals surface area contributed by atoms with Gasteiger partial charge in [-0.3, -0.25) is 4.79 Å². The Kier molecular flexibility index (Phi) is 9.03. The molecule has 2 fully saturated rings. The number of rotatable bonds is 9. The number of alkyl halides is 3. The zero-order valence-corrected chi connectivity index (χ0v) is 25.2. The molecule has 1 saturated carbocycles. The highest BCUT2D eigenvalue weighted by atomic mass is 19.4. The van der Waals surface area contributed by atoms with E-state index in [0.717, 1.165) is 37.0 Å². The van der Waals surface area contributed by atoms with Crippen molar-refractivity contribution in [1.82, 2.24) is 10.1 Å². The fraction of sp³-hybridized carbons (Fsp3) is 0.486. The molecule has 0 amide bonds. The zero-order valence-electron chi connectivity index (χ0n) is 25.2. The number of hydrogen-bond donors (Lipinski definition) is 0. The molecule has 1 aliphatic carbocycles. The van der Waals surface area contributed by atoms with E-state index in [1.165, 1.54) is 31.7 Å². The van der Waals surface area contributed by atoms with Crippen molar-refractivity contribution in [3.05, 3.63) is 82.2 Å². The van der Waals surface area contributed by atoms with Gasteiger partial charge in [-0.1, -0.05) is 56.3 Å². The van der Waals surface area contributed by atoms with E-state index in [2.05, 4.69) is 21.9 Å². The van der Waals surface area contributed by atoms with E-state index in [0.29, 0.717) is 23.1 Å². The Balaban J connectivity index is 1.14. The maximum atomic E-state index is 13.8. The van der Waals surface area contributed by atoms with Crippen LogP contribution in [0.3, 0.4) is 0 Å². The fourth-order valence-electron chi connectivity index (χ4n) is 5.82. The van der Waals surface area contributed by atoms with E-state index >= 15 is 0 Å². The van der Waals surface area contributed by atoms with Crippen LogP contribution >= 0.6 is 0 Å². The predicted molar refractivity (Wildman–Crippen MR) is 159 cm³/mol. The maximum Gasteiger partial charge on any atom is 0.420 e. The highest BCUT2D eigenvalue weighted by Gasteiger charge is 2.42. The molecule has 0 radical (unpaired) electrons.